The summed E-state index contributed by atoms with van der Waals surface area (Å²) in [4.78, 5) is 17.4. The fraction of sp³-hybridized carbons (Fsp3) is 0.111. The summed E-state index contributed by atoms with van der Waals surface area (Å²) in [5, 5.41) is 6.46. The van der Waals surface area contributed by atoms with Crippen LogP contribution in [-0.4, -0.2) is 16.6 Å². The summed E-state index contributed by atoms with van der Waals surface area (Å²) in [6.07, 6.45) is 0. The fourth-order valence-electron chi connectivity index (χ4n) is 2.08. The van der Waals surface area contributed by atoms with E-state index in [1.54, 1.807) is 12.1 Å². The Labute approximate surface area is 164 Å². The highest BCUT2D eigenvalue weighted by molar-refractivity contribution is 8.00. The summed E-state index contributed by atoms with van der Waals surface area (Å²) in [7, 11) is 0. The molecule has 0 unspecified atom stereocenters. The van der Waals surface area contributed by atoms with Crippen molar-refractivity contribution in [2.45, 2.75) is 11.8 Å². The molecule has 0 aliphatic rings. The van der Waals surface area contributed by atoms with E-state index in [1.165, 1.54) is 28.7 Å². The van der Waals surface area contributed by atoms with Gasteiger partial charge in [0.1, 0.15) is 0 Å². The Morgan fingerprint density at radius 3 is 2.68 bits per heavy atom. The van der Waals surface area contributed by atoms with Gasteiger partial charge in [-0.25, -0.2) is 4.98 Å². The third-order valence-electron chi connectivity index (χ3n) is 3.35. The van der Waals surface area contributed by atoms with Gasteiger partial charge < -0.3 is 5.32 Å². The summed E-state index contributed by atoms with van der Waals surface area (Å²) in [6, 6.07) is 13.4. The summed E-state index contributed by atoms with van der Waals surface area (Å²) >= 11 is 14.7. The molecule has 1 amide bonds. The molecule has 3 aromatic rings. The number of anilines is 1. The molecule has 1 heterocycles. The second kappa shape index (κ2) is 8.23. The van der Waals surface area contributed by atoms with E-state index in [9.17, 15) is 4.79 Å². The van der Waals surface area contributed by atoms with Crippen molar-refractivity contribution in [2.24, 2.45) is 0 Å². The Hall–Kier alpha value is -1.53. The maximum atomic E-state index is 12.1. The van der Waals surface area contributed by atoms with Gasteiger partial charge in [-0.05, 0) is 25.1 Å². The van der Waals surface area contributed by atoms with Gasteiger partial charge in [-0.3, -0.25) is 4.79 Å². The van der Waals surface area contributed by atoms with Crippen molar-refractivity contribution in [2.75, 3.05) is 11.1 Å². The van der Waals surface area contributed by atoms with E-state index in [0.717, 1.165) is 16.2 Å². The molecule has 3 rings (SSSR count). The number of aromatic nitrogens is 1. The lowest BCUT2D eigenvalue weighted by Gasteiger charge is -2.04. The molecule has 2 aromatic carbocycles. The SMILES string of the molecule is Cc1ccc(-c2csc(NC(=O)CSc3ccc(Cl)cc3Cl)n2)cc1. The third kappa shape index (κ3) is 4.98. The van der Waals surface area contributed by atoms with Gasteiger partial charge in [-0.15, -0.1) is 23.1 Å². The number of hydrogen-bond acceptors (Lipinski definition) is 4. The van der Waals surface area contributed by atoms with Crippen LogP contribution in [0.2, 0.25) is 10.0 Å². The zero-order valence-corrected chi connectivity index (χ0v) is 16.4. The average molecular weight is 409 g/mol. The number of carbonyl (C=O) groups is 1. The van der Waals surface area contributed by atoms with Crippen LogP contribution in [0, 0.1) is 6.92 Å². The van der Waals surface area contributed by atoms with Gasteiger partial charge in [0, 0.05) is 20.9 Å². The third-order valence-corrected chi connectivity index (χ3v) is 5.84. The molecule has 0 saturated heterocycles. The molecule has 0 fully saturated rings. The zero-order chi connectivity index (χ0) is 17.8. The lowest BCUT2D eigenvalue weighted by molar-refractivity contribution is -0.113. The standard InChI is InChI=1S/C18H14Cl2N2OS2/c1-11-2-4-12(5-3-11)15-9-25-18(21-15)22-17(23)10-24-16-7-6-13(19)8-14(16)20/h2-9H,10H2,1H3,(H,21,22,23). The zero-order valence-electron chi connectivity index (χ0n) is 13.3. The van der Waals surface area contributed by atoms with Crippen LogP contribution in [0.25, 0.3) is 11.3 Å². The molecule has 1 aromatic heterocycles. The molecule has 25 heavy (non-hydrogen) atoms. The van der Waals surface area contributed by atoms with Gasteiger partial charge in [0.2, 0.25) is 5.91 Å². The van der Waals surface area contributed by atoms with Crippen molar-refractivity contribution in [3.63, 3.8) is 0 Å². The lowest BCUT2D eigenvalue weighted by Crippen LogP contribution is -2.13. The van der Waals surface area contributed by atoms with Crippen molar-refractivity contribution in [3.8, 4) is 11.3 Å². The molecule has 128 valence electrons. The van der Waals surface area contributed by atoms with E-state index in [2.05, 4.69) is 10.3 Å². The minimum Gasteiger partial charge on any atom is -0.301 e. The highest BCUT2D eigenvalue weighted by Gasteiger charge is 2.10. The normalized spacial score (nSPS) is 10.7. The lowest BCUT2D eigenvalue weighted by atomic mass is 10.1. The number of hydrogen-bond donors (Lipinski definition) is 1. The smallest absolute Gasteiger partial charge is 0.236 e. The Morgan fingerprint density at radius 2 is 1.96 bits per heavy atom. The summed E-state index contributed by atoms with van der Waals surface area (Å²) < 4.78 is 0. The van der Waals surface area contributed by atoms with Crippen molar-refractivity contribution in [1.29, 1.82) is 0 Å². The summed E-state index contributed by atoms with van der Waals surface area (Å²) in [5.74, 6) is 0.127. The number of halogens is 2. The highest BCUT2D eigenvalue weighted by atomic mass is 35.5. The van der Waals surface area contributed by atoms with Crippen LogP contribution in [0.5, 0.6) is 0 Å². The quantitative estimate of drug-likeness (QED) is 0.514. The molecule has 0 bridgehead atoms. The van der Waals surface area contributed by atoms with Crippen LogP contribution in [0.15, 0.2) is 52.7 Å². The summed E-state index contributed by atoms with van der Waals surface area (Å²) in [6.45, 7) is 2.04. The van der Waals surface area contributed by atoms with Crippen LogP contribution >= 0.6 is 46.3 Å². The predicted molar refractivity (Wildman–Crippen MR) is 108 cm³/mol. The number of aryl methyl sites for hydroxylation is 1. The van der Waals surface area contributed by atoms with E-state index in [-0.39, 0.29) is 11.7 Å². The molecule has 0 aliphatic heterocycles. The topological polar surface area (TPSA) is 42.0 Å². The maximum absolute atomic E-state index is 12.1. The van der Waals surface area contributed by atoms with Crippen molar-refractivity contribution >= 4 is 57.3 Å². The minimum absolute atomic E-state index is 0.124. The second-order valence-electron chi connectivity index (χ2n) is 5.32. The van der Waals surface area contributed by atoms with E-state index in [0.29, 0.717) is 15.2 Å². The van der Waals surface area contributed by atoms with Gasteiger partial charge in [0.25, 0.3) is 0 Å². The first kappa shape index (κ1) is 18.3. The number of benzene rings is 2. The van der Waals surface area contributed by atoms with Crippen molar-refractivity contribution in [3.05, 3.63) is 63.5 Å². The van der Waals surface area contributed by atoms with Gasteiger partial charge >= 0.3 is 0 Å². The summed E-state index contributed by atoms with van der Waals surface area (Å²) in [5.41, 5.74) is 3.09. The molecule has 1 N–H and O–H groups in total. The van der Waals surface area contributed by atoms with Crippen molar-refractivity contribution in [1.82, 2.24) is 4.98 Å². The first-order chi connectivity index (χ1) is 12.0. The number of nitrogens with one attached hydrogen (secondary N) is 1. The number of rotatable bonds is 5. The molecular formula is C18H14Cl2N2OS2. The maximum Gasteiger partial charge on any atom is 0.236 e. The first-order valence-corrected chi connectivity index (χ1v) is 10.0. The highest BCUT2D eigenvalue weighted by Crippen LogP contribution is 2.30. The Balaban J connectivity index is 1.59. The molecule has 0 saturated carbocycles. The molecular weight excluding hydrogens is 395 g/mol. The monoisotopic (exact) mass is 408 g/mol. The van der Waals surface area contributed by atoms with Gasteiger partial charge in [0.05, 0.1) is 16.5 Å². The van der Waals surface area contributed by atoms with Gasteiger partial charge in [0.15, 0.2) is 5.13 Å². The van der Waals surface area contributed by atoms with Crippen LogP contribution in [0.4, 0.5) is 5.13 Å². The fourth-order valence-corrected chi connectivity index (χ4v) is 4.11. The van der Waals surface area contributed by atoms with Crippen molar-refractivity contribution < 1.29 is 4.79 Å². The van der Waals surface area contributed by atoms with E-state index >= 15 is 0 Å². The van der Waals surface area contributed by atoms with Crippen LogP contribution < -0.4 is 5.32 Å². The second-order valence-corrected chi connectivity index (χ2v) is 8.03. The van der Waals surface area contributed by atoms with Gasteiger partial charge in [-0.2, -0.15) is 0 Å². The van der Waals surface area contributed by atoms with E-state index in [4.69, 9.17) is 23.2 Å². The van der Waals surface area contributed by atoms with Crippen LogP contribution in [0.3, 0.4) is 0 Å². The Kier molecular flexibility index (Phi) is 6.02. The largest absolute Gasteiger partial charge is 0.301 e. The number of thiazole rings is 1. The number of amides is 1. The van der Waals surface area contributed by atoms with Crippen LogP contribution in [-0.2, 0) is 4.79 Å². The van der Waals surface area contributed by atoms with Crippen LogP contribution in [0.1, 0.15) is 5.56 Å². The Morgan fingerprint density at radius 1 is 1.20 bits per heavy atom. The first-order valence-electron chi connectivity index (χ1n) is 7.41. The number of nitrogens with zero attached hydrogens (tertiary/aromatic N) is 1. The molecule has 0 spiro atoms. The minimum atomic E-state index is -0.124. The molecule has 3 nitrogen and oxygen atoms in total. The molecule has 0 atom stereocenters. The predicted octanol–water partition coefficient (Wildman–Crippen LogP) is 6.16. The molecule has 0 aliphatic carbocycles. The Bertz CT molecular complexity index is 894. The molecule has 0 radical (unpaired) electrons. The van der Waals surface area contributed by atoms with E-state index < -0.39 is 0 Å². The number of thioether (sulfide) groups is 1. The van der Waals surface area contributed by atoms with Gasteiger partial charge in [-0.1, -0.05) is 53.0 Å². The number of carbonyl (C=O) groups excluding carboxylic acids is 1. The average Bonchev–Trinajstić information content (AvgIpc) is 3.03. The molecule has 7 heteroatoms. The van der Waals surface area contributed by atoms with E-state index in [1.807, 2.05) is 42.6 Å².